The number of aryl methyl sites for hydroxylation is 2. The van der Waals surface area contributed by atoms with Crippen LogP contribution in [-0.4, -0.2) is 78.8 Å². The molecule has 2 aliphatic heterocycles. The summed E-state index contributed by atoms with van der Waals surface area (Å²) in [6.07, 6.45) is 8.36. The minimum absolute atomic E-state index is 0.596. The van der Waals surface area contributed by atoms with Gasteiger partial charge >= 0.3 is 0 Å². The number of pyridine rings is 1. The van der Waals surface area contributed by atoms with Gasteiger partial charge < -0.3 is 20.0 Å². The smallest absolute Gasteiger partial charge is 0.228 e. The second-order valence-corrected chi connectivity index (χ2v) is 10.3. The summed E-state index contributed by atoms with van der Waals surface area (Å²) in [7, 11) is 2.19. The highest BCUT2D eigenvalue weighted by Crippen LogP contribution is 2.34. The molecule has 0 aromatic carbocycles. The number of nitrogens with one attached hydrogen (secondary N) is 1. The Morgan fingerprint density at radius 2 is 1.76 bits per heavy atom. The SMILES string of the molecule is Cc1csc2c(N3CCC(NCCCc4ccncc4)CC3)nc(N3CCN(C)CC3)nc12. The third kappa shape index (κ3) is 5.28. The standard InChI is InChI=1S/C25H35N7S/c1-19-18-33-23-22(19)28-25(32-16-14-30(2)15-17-32)29-24(23)31-12-7-21(8-13-31)27-9-3-4-20-5-10-26-11-6-20/h5-6,10-11,18,21,27H,3-4,7-9,12-17H2,1-2H3. The van der Waals surface area contributed by atoms with Crippen molar-refractivity contribution in [1.29, 1.82) is 0 Å². The lowest BCUT2D eigenvalue weighted by atomic mass is 10.0. The van der Waals surface area contributed by atoms with E-state index in [9.17, 15) is 0 Å². The predicted octanol–water partition coefficient (Wildman–Crippen LogP) is 3.34. The van der Waals surface area contributed by atoms with Gasteiger partial charge in [0.2, 0.25) is 5.95 Å². The van der Waals surface area contributed by atoms with Crippen LogP contribution >= 0.6 is 11.3 Å². The van der Waals surface area contributed by atoms with Gasteiger partial charge in [0, 0.05) is 57.7 Å². The number of nitrogens with zero attached hydrogens (tertiary/aromatic N) is 6. The van der Waals surface area contributed by atoms with E-state index < -0.39 is 0 Å². The number of anilines is 2. The van der Waals surface area contributed by atoms with Gasteiger partial charge in [-0.3, -0.25) is 4.98 Å². The lowest BCUT2D eigenvalue weighted by Gasteiger charge is -2.35. The van der Waals surface area contributed by atoms with E-state index in [2.05, 4.69) is 56.5 Å². The van der Waals surface area contributed by atoms with E-state index in [0.717, 1.165) is 82.4 Å². The topological polar surface area (TPSA) is 60.4 Å². The van der Waals surface area contributed by atoms with Crippen molar-refractivity contribution in [1.82, 2.24) is 25.2 Å². The lowest BCUT2D eigenvalue weighted by molar-refractivity contribution is 0.311. The maximum Gasteiger partial charge on any atom is 0.228 e. The van der Waals surface area contributed by atoms with Gasteiger partial charge in [-0.25, -0.2) is 4.98 Å². The van der Waals surface area contributed by atoms with Crippen molar-refractivity contribution >= 4 is 33.3 Å². The molecule has 2 saturated heterocycles. The molecular formula is C25H35N7S. The summed E-state index contributed by atoms with van der Waals surface area (Å²) < 4.78 is 1.24. The number of piperidine rings is 1. The zero-order chi connectivity index (χ0) is 22.6. The first-order valence-electron chi connectivity index (χ1n) is 12.2. The largest absolute Gasteiger partial charge is 0.355 e. The van der Waals surface area contributed by atoms with Crippen molar-refractivity contribution in [3.05, 3.63) is 41.0 Å². The van der Waals surface area contributed by atoms with E-state index in [1.807, 2.05) is 12.4 Å². The Bertz CT molecular complexity index is 1040. The van der Waals surface area contributed by atoms with Crippen LogP contribution in [0.15, 0.2) is 29.9 Å². The molecule has 0 bridgehead atoms. The molecule has 8 heteroatoms. The van der Waals surface area contributed by atoms with Gasteiger partial charge in [0.05, 0.1) is 10.2 Å². The monoisotopic (exact) mass is 465 g/mol. The van der Waals surface area contributed by atoms with Gasteiger partial charge in [0.1, 0.15) is 0 Å². The zero-order valence-electron chi connectivity index (χ0n) is 19.8. The molecule has 0 spiro atoms. The Morgan fingerprint density at radius 3 is 2.52 bits per heavy atom. The first-order valence-corrected chi connectivity index (χ1v) is 13.1. The number of fused-ring (bicyclic) bond motifs is 1. The molecule has 0 aliphatic carbocycles. The normalized spacial score (nSPS) is 18.4. The molecule has 2 fully saturated rings. The summed E-state index contributed by atoms with van der Waals surface area (Å²) >= 11 is 1.79. The van der Waals surface area contributed by atoms with E-state index in [1.54, 1.807) is 11.3 Å². The minimum Gasteiger partial charge on any atom is -0.355 e. The minimum atomic E-state index is 0.596. The molecule has 0 amide bonds. The van der Waals surface area contributed by atoms with Crippen LogP contribution in [0.3, 0.4) is 0 Å². The highest BCUT2D eigenvalue weighted by atomic mass is 32.1. The first-order chi connectivity index (χ1) is 16.2. The van der Waals surface area contributed by atoms with Crippen LogP contribution in [0.5, 0.6) is 0 Å². The summed E-state index contributed by atoms with van der Waals surface area (Å²) in [5.41, 5.74) is 3.77. The number of hydrogen-bond acceptors (Lipinski definition) is 8. The lowest BCUT2D eigenvalue weighted by Crippen LogP contribution is -2.45. The molecule has 0 atom stereocenters. The fraction of sp³-hybridized carbons (Fsp3) is 0.560. The summed E-state index contributed by atoms with van der Waals surface area (Å²) in [4.78, 5) is 21.5. The van der Waals surface area contributed by atoms with Gasteiger partial charge in [0.15, 0.2) is 5.82 Å². The van der Waals surface area contributed by atoms with Crippen LogP contribution in [0.2, 0.25) is 0 Å². The quantitative estimate of drug-likeness (QED) is 0.537. The summed E-state index contributed by atoms with van der Waals surface area (Å²) in [5.74, 6) is 2.05. The van der Waals surface area contributed by atoms with E-state index in [4.69, 9.17) is 9.97 Å². The predicted molar refractivity (Wildman–Crippen MR) is 138 cm³/mol. The maximum absolute atomic E-state index is 5.13. The average Bonchev–Trinajstić information content (AvgIpc) is 3.23. The Balaban J connectivity index is 1.21. The van der Waals surface area contributed by atoms with Gasteiger partial charge in [-0.15, -0.1) is 11.3 Å². The molecular weight excluding hydrogens is 430 g/mol. The van der Waals surface area contributed by atoms with Crippen molar-refractivity contribution in [3.63, 3.8) is 0 Å². The molecule has 3 aromatic rings. The second kappa shape index (κ2) is 10.3. The highest BCUT2D eigenvalue weighted by Gasteiger charge is 2.25. The number of hydrogen-bond donors (Lipinski definition) is 1. The van der Waals surface area contributed by atoms with E-state index in [1.165, 1.54) is 22.2 Å². The van der Waals surface area contributed by atoms with Gasteiger partial charge in [-0.1, -0.05) is 0 Å². The molecule has 0 unspecified atom stereocenters. The summed E-state index contributed by atoms with van der Waals surface area (Å²) in [6.45, 7) is 9.47. The number of piperazine rings is 1. The van der Waals surface area contributed by atoms with Gasteiger partial charge in [0.25, 0.3) is 0 Å². The fourth-order valence-corrected chi connectivity index (χ4v) is 5.82. The van der Waals surface area contributed by atoms with Gasteiger partial charge in [-0.2, -0.15) is 4.98 Å². The van der Waals surface area contributed by atoms with Gasteiger partial charge in [-0.05, 0) is 74.8 Å². The highest BCUT2D eigenvalue weighted by molar-refractivity contribution is 7.18. The molecule has 5 heterocycles. The Morgan fingerprint density at radius 1 is 1.00 bits per heavy atom. The molecule has 0 radical (unpaired) electrons. The molecule has 7 nitrogen and oxygen atoms in total. The zero-order valence-corrected chi connectivity index (χ0v) is 20.7. The second-order valence-electron chi connectivity index (χ2n) is 9.41. The Labute approximate surface area is 200 Å². The van der Waals surface area contributed by atoms with Crippen LogP contribution < -0.4 is 15.1 Å². The Hall–Kier alpha value is -2.29. The number of thiophene rings is 1. The van der Waals surface area contributed by atoms with Crippen LogP contribution in [0.1, 0.15) is 30.4 Å². The van der Waals surface area contributed by atoms with Crippen molar-refractivity contribution in [2.45, 2.75) is 38.6 Å². The first kappa shape index (κ1) is 22.5. The third-order valence-electron chi connectivity index (χ3n) is 6.97. The van der Waals surface area contributed by atoms with Crippen molar-refractivity contribution < 1.29 is 0 Å². The molecule has 33 heavy (non-hydrogen) atoms. The van der Waals surface area contributed by atoms with E-state index >= 15 is 0 Å². The number of rotatable bonds is 7. The number of likely N-dealkylation sites (N-methyl/N-ethyl adjacent to an activating group) is 1. The van der Waals surface area contributed by atoms with E-state index in [-0.39, 0.29) is 0 Å². The molecule has 5 rings (SSSR count). The molecule has 176 valence electrons. The average molecular weight is 466 g/mol. The van der Waals surface area contributed by atoms with Crippen molar-refractivity contribution in [2.24, 2.45) is 0 Å². The van der Waals surface area contributed by atoms with Crippen LogP contribution in [0.4, 0.5) is 11.8 Å². The van der Waals surface area contributed by atoms with Crippen LogP contribution in [0.25, 0.3) is 10.2 Å². The molecule has 1 N–H and O–H groups in total. The summed E-state index contributed by atoms with van der Waals surface area (Å²) in [5, 5.41) is 6.02. The molecule has 2 aliphatic rings. The molecule has 0 saturated carbocycles. The van der Waals surface area contributed by atoms with Crippen molar-refractivity contribution in [3.8, 4) is 0 Å². The fourth-order valence-electron chi connectivity index (χ4n) is 4.81. The van der Waals surface area contributed by atoms with Crippen LogP contribution in [-0.2, 0) is 6.42 Å². The third-order valence-corrected chi connectivity index (χ3v) is 8.05. The molecule has 3 aromatic heterocycles. The Kier molecular flexibility index (Phi) is 7.04. The summed E-state index contributed by atoms with van der Waals surface area (Å²) in [6, 6.07) is 4.82. The van der Waals surface area contributed by atoms with E-state index in [0.29, 0.717) is 6.04 Å². The maximum atomic E-state index is 5.13. The van der Waals surface area contributed by atoms with Crippen LogP contribution in [0, 0.1) is 6.92 Å². The van der Waals surface area contributed by atoms with Crippen molar-refractivity contribution in [2.75, 3.05) is 62.7 Å². The number of aromatic nitrogens is 3.